The molecule has 0 saturated carbocycles. The number of hydrogen-bond donors (Lipinski definition) is 1. The maximum atomic E-state index is 8.65. The number of rotatable bonds is 1. The predicted molar refractivity (Wildman–Crippen MR) is 39.9 cm³/mol. The summed E-state index contributed by atoms with van der Waals surface area (Å²) < 4.78 is 0. The van der Waals surface area contributed by atoms with Gasteiger partial charge in [-0.25, -0.2) is 0 Å². The number of hydrogen-bond acceptors (Lipinski definition) is 2. The van der Waals surface area contributed by atoms with Gasteiger partial charge in [-0.1, -0.05) is 11.6 Å². The van der Waals surface area contributed by atoms with Crippen LogP contribution in [-0.2, 0) is 6.61 Å². The Balaban J connectivity index is 3.04. The molecule has 0 atom stereocenters. The van der Waals surface area contributed by atoms with Gasteiger partial charge in [-0.05, 0) is 19.1 Å². The highest BCUT2D eigenvalue weighted by atomic mass is 35.5. The Labute approximate surface area is 64.5 Å². The Morgan fingerprint density at radius 2 is 2.30 bits per heavy atom. The first-order valence-corrected chi connectivity index (χ1v) is 3.34. The van der Waals surface area contributed by atoms with Gasteiger partial charge < -0.3 is 5.11 Å². The molecule has 0 aliphatic carbocycles. The maximum absolute atomic E-state index is 8.65. The van der Waals surface area contributed by atoms with Crippen molar-refractivity contribution < 1.29 is 5.11 Å². The van der Waals surface area contributed by atoms with Gasteiger partial charge in [-0.2, -0.15) is 0 Å². The summed E-state index contributed by atoms with van der Waals surface area (Å²) in [4.78, 5) is 4.01. The Hall–Kier alpha value is -0.600. The lowest BCUT2D eigenvalue weighted by Crippen LogP contribution is -1.90. The van der Waals surface area contributed by atoms with Gasteiger partial charge in [-0.3, -0.25) is 4.98 Å². The van der Waals surface area contributed by atoms with Gasteiger partial charge in [0, 0.05) is 0 Å². The first kappa shape index (κ1) is 7.51. The van der Waals surface area contributed by atoms with E-state index >= 15 is 0 Å². The summed E-state index contributed by atoms with van der Waals surface area (Å²) in [6.07, 6.45) is 0. The van der Waals surface area contributed by atoms with Crippen LogP contribution in [0.15, 0.2) is 12.1 Å². The van der Waals surface area contributed by atoms with Crippen LogP contribution in [0.3, 0.4) is 0 Å². The topological polar surface area (TPSA) is 33.1 Å². The molecule has 1 heterocycles. The van der Waals surface area contributed by atoms with Crippen LogP contribution in [0.4, 0.5) is 0 Å². The Kier molecular flexibility index (Phi) is 2.25. The first-order valence-electron chi connectivity index (χ1n) is 2.97. The smallest absolute Gasteiger partial charge is 0.0853 e. The fraction of sp³-hybridized carbons (Fsp3) is 0.286. The zero-order valence-corrected chi connectivity index (χ0v) is 6.39. The van der Waals surface area contributed by atoms with Crippen molar-refractivity contribution in [2.24, 2.45) is 0 Å². The molecule has 0 bridgehead atoms. The molecular formula is C7H8ClNO. The summed E-state index contributed by atoms with van der Waals surface area (Å²) >= 11 is 5.69. The molecule has 0 aliphatic rings. The van der Waals surface area contributed by atoms with E-state index in [4.69, 9.17) is 16.7 Å². The molecule has 1 aromatic rings. The second-order valence-corrected chi connectivity index (χ2v) is 2.44. The van der Waals surface area contributed by atoms with Crippen molar-refractivity contribution in [1.82, 2.24) is 4.98 Å². The zero-order chi connectivity index (χ0) is 7.56. The van der Waals surface area contributed by atoms with Crippen LogP contribution in [0, 0.1) is 6.92 Å². The van der Waals surface area contributed by atoms with Crippen molar-refractivity contribution in [1.29, 1.82) is 0 Å². The lowest BCUT2D eigenvalue weighted by atomic mass is 10.3. The molecule has 0 amide bonds. The van der Waals surface area contributed by atoms with E-state index in [0.29, 0.717) is 10.7 Å². The van der Waals surface area contributed by atoms with Gasteiger partial charge in [0.2, 0.25) is 0 Å². The average Bonchev–Trinajstić information content (AvgIpc) is 1.95. The summed E-state index contributed by atoms with van der Waals surface area (Å²) in [6.45, 7) is 1.78. The Morgan fingerprint density at radius 3 is 2.80 bits per heavy atom. The quantitative estimate of drug-likeness (QED) is 0.671. The fourth-order valence-corrected chi connectivity index (χ4v) is 0.789. The van der Waals surface area contributed by atoms with E-state index < -0.39 is 0 Å². The highest BCUT2D eigenvalue weighted by molar-refractivity contribution is 6.31. The molecule has 0 aromatic carbocycles. The number of aryl methyl sites for hydroxylation is 1. The molecule has 1 N–H and O–H groups in total. The van der Waals surface area contributed by atoms with E-state index in [1.54, 1.807) is 12.1 Å². The number of halogens is 1. The van der Waals surface area contributed by atoms with Crippen molar-refractivity contribution in [3.05, 3.63) is 28.5 Å². The van der Waals surface area contributed by atoms with Crippen LogP contribution in [-0.4, -0.2) is 10.1 Å². The molecule has 0 unspecified atom stereocenters. The van der Waals surface area contributed by atoms with Crippen molar-refractivity contribution in [3.8, 4) is 0 Å². The van der Waals surface area contributed by atoms with E-state index in [1.165, 1.54) is 0 Å². The molecule has 0 spiro atoms. The molecule has 0 saturated heterocycles. The highest BCUT2D eigenvalue weighted by Gasteiger charge is 1.96. The molecule has 54 valence electrons. The highest BCUT2D eigenvalue weighted by Crippen LogP contribution is 2.12. The van der Waals surface area contributed by atoms with Crippen LogP contribution < -0.4 is 0 Å². The molecule has 1 aromatic heterocycles. The molecule has 10 heavy (non-hydrogen) atoms. The van der Waals surface area contributed by atoms with Crippen LogP contribution in [0.25, 0.3) is 0 Å². The molecule has 0 aliphatic heterocycles. The van der Waals surface area contributed by atoms with Crippen molar-refractivity contribution >= 4 is 11.6 Å². The SMILES string of the molecule is Cc1nc(CO)ccc1Cl. The molecule has 3 heteroatoms. The van der Waals surface area contributed by atoms with E-state index in [1.807, 2.05) is 6.92 Å². The van der Waals surface area contributed by atoms with Crippen molar-refractivity contribution in [2.75, 3.05) is 0 Å². The van der Waals surface area contributed by atoms with Crippen LogP contribution in [0.5, 0.6) is 0 Å². The summed E-state index contributed by atoms with van der Waals surface area (Å²) in [5.41, 5.74) is 1.41. The van der Waals surface area contributed by atoms with Gasteiger partial charge >= 0.3 is 0 Å². The van der Waals surface area contributed by atoms with Gasteiger partial charge in [0.1, 0.15) is 0 Å². The average molecular weight is 158 g/mol. The van der Waals surface area contributed by atoms with Crippen LogP contribution >= 0.6 is 11.6 Å². The molecule has 0 fully saturated rings. The third-order valence-electron chi connectivity index (χ3n) is 1.24. The number of aliphatic hydroxyl groups excluding tert-OH is 1. The fourth-order valence-electron chi connectivity index (χ4n) is 0.684. The summed E-state index contributed by atoms with van der Waals surface area (Å²) in [5.74, 6) is 0. The minimum Gasteiger partial charge on any atom is -0.390 e. The van der Waals surface area contributed by atoms with Gasteiger partial charge in [-0.15, -0.1) is 0 Å². The summed E-state index contributed by atoms with van der Waals surface area (Å²) in [7, 11) is 0. The summed E-state index contributed by atoms with van der Waals surface area (Å²) in [5, 5.41) is 9.28. The monoisotopic (exact) mass is 157 g/mol. The number of aromatic nitrogens is 1. The number of pyridine rings is 1. The lowest BCUT2D eigenvalue weighted by molar-refractivity contribution is 0.276. The minimum absolute atomic E-state index is 0.0298. The van der Waals surface area contributed by atoms with E-state index in [0.717, 1.165) is 5.69 Å². The third kappa shape index (κ3) is 1.46. The van der Waals surface area contributed by atoms with Crippen LogP contribution in [0.2, 0.25) is 5.02 Å². The summed E-state index contributed by atoms with van der Waals surface area (Å²) in [6, 6.07) is 3.44. The molecule has 0 radical (unpaired) electrons. The predicted octanol–water partition coefficient (Wildman–Crippen LogP) is 1.54. The van der Waals surface area contributed by atoms with Crippen molar-refractivity contribution in [2.45, 2.75) is 13.5 Å². The Morgan fingerprint density at radius 1 is 1.60 bits per heavy atom. The second kappa shape index (κ2) is 2.99. The van der Waals surface area contributed by atoms with Gasteiger partial charge in [0.05, 0.1) is 23.0 Å². The third-order valence-corrected chi connectivity index (χ3v) is 1.64. The van der Waals surface area contributed by atoms with Crippen molar-refractivity contribution in [3.63, 3.8) is 0 Å². The van der Waals surface area contributed by atoms with Crippen LogP contribution in [0.1, 0.15) is 11.4 Å². The van der Waals surface area contributed by atoms with E-state index in [9.17, 15) is 0 Å². The largest absolute Gasteiger partial charge is 0.390 e. The second-order valence-electron chi connectivity index (χ2n) is 2.03. The normalized spacial score (nSPS) is 9.90. The zero-order valence-electron chi connectivity index (χ0n) is 5.63. The van der Waals surface area contributed by atoms with Gasteiger partial charge in [0.25, 0.3) is 0 Å². The molecular weight excluding hydrogens is 150 g/mol. The number of nitrogens with zero attached hydrogens (tertiary/aromatic N) is 1. The Bertz CT molecular complexity index is 237. The maximum Gasteiger partial charge on any atom is 0.0853 e. The minimum atomic E-state index is -0.0298. The standard InChI is InChI=1S/C7H8ClNO/c1-5-7(8)3-2-6(4-10)9-5/h2-3,10H,4H2,1H3. The molecule has 2 nitrogen and oxygen atoms in total. The van der Waals surface area contributed by atoms with Gasteiger partial charge in [0.15, 0.2) is 0 Å². The number of aliphatic hydroxyl groups is 1. The van der Waals surface area contributed by atoms with E-state index in [2.05, 4.69) is 4.98 Å². The van der Waals surface area contributed by atoms with E-state index in [-0.39, 0.29) is 6.61 Å². The molecule has 1 rings (SSSR count). The first-order chi connectivity index (χ1) is 4.74. The lowest BCUT2D eigenvalue weighted by Gasteiger charge is -1.98.